The van der Waals surface area contributed by atoms with E-state index in [1.807, 2.05) is 72.8 Å². The molecule has 55 heavy (non-hydrogen) atoms. The van der Waals surface area contributed by atoms with Crippen molar-refractivity contribution in [1.82, 2.24) is 0 Å². The van der Waals surface area contributed by atoms with E-state index in [2.05, 4.69) is 45.0 Å². The second kappa shape index (κ2) is 14.8. The fourth-order valence-corrected chi connectivity index (χ4v) is 15.2. The van der Waals surface area contributed by atoms with E-state index >= 15 is 4.39 Å². The zero-order chi connectivity index (χ0) is 37.8. The Bertz CT molecular complexity index is 1850. The Balaban J connectivity index is 0.973. The van der Waals surface area contributed by atoms with Gasteiger partial charge >= 0.3 is 8.32 Å². The summed E-state index contributed by atoms with van der Waals surface area (Å²) in [4.78, 5) is 0. The van der Waals surface area contributed by atoms with Gasteiger partial charge in [0.1, 0.15) is 30.2 Å². The predicted molar refractivity (Wildman–Crippen MR) is 210 cm³/mol. The number of hydrogen-bond donors (Lipinski definition) is 1. The molecule has 1 N–H and O–H groups in total. The third kappa shape index (κ3) is 7.11. The average Bonchev–Trinajstić information content (AvgIpc) is 3.17. The van der Waals surface area contributed by atoms with Gasteiger partial charge in [0.2, 0.25) is 0 Å². The third-order valence-corrected chi connectivity index (χ3v) is 17.8. The fraction of sp³-hybridized carbons (Fsp3) is 0.478. The molecule has 2 heterocycles. The number of ether oxygens (including phenoxy) is 5. The van der Waals surface area contributed by atoms with Crippen molar-refractivity contribution in [3.05, 3.63) is 126 Å². The summed E-state index contributed by atoms with van der Waals surface area (Å²) < 4.78 is 56.0. The minimum Gasteiger partial charge on any atom is -0.532 e. The van der Waals surface area contributed by atoms with Crippen LogP contribution in [0.1, 0.15) is 76.7 Å². The maximum atomic E-state index is 16.3. The minimum absolute atomic E-state index is 0.0473. The lowest BCUT2D eigenvalue weighted by atomic mass is 9.54. The summed E-state index contributed by atoms with van der Waals surface area (Å²) in [6.07, 6.45) is 2.30. The summed E-state index contributed by atoms with van der Waals surface area (Å²) in [5, 5.41) is 13.9. The van der Waals surface area contributed by atoms with E-state index in [0.29, 0.717) is 23.3 Å². The number of fused-ring (bicyclic) bond motifs is 1. The topological polar surface area (TPSA) is 75.6 Å². The molecule has 6 fully saturated rings. The van der Waals surface area contributed by atoms with Crippen molar-refractivity contribution in [1.29, 1.82) is 0 Å². The van der Waals surface area contributed by atoms with Crippen LogP contribution in [0.2, 0.25) is 5.04 Å². The lowest BCUT2D eigenvalue weighted by molar-refractivity contribution is -0.385. The van der Waals surface area contributed by atoms with E-state index in [1.165, 1.54) is 25.3 Å². The highest BCUT2D eigenvalue weighted by Gasteiger charge is 2.57. The Morgan fingerprint density at radius 3 is 1.93 bits per heavy atom. The molecule has 6 atom stereocenters. The summed E-state index contributed by atoms with van der Waals surface area (Å²) in [5.74, 6) is 1.77. The molecule has 0 unspecified atom stereocenters. The Kier molecular flexibility index (Phi) is 10.0. The highest BCUT2D eigenvalue weighted by molar-refractivity contribution is 7.00. The molecule has 0 spiro atoms. The Morgan fingerprint density at radius 2 is 1.36 bits per heavy atom. The van der Waals surface area contributed by atoms with Gasteiger partial charge in [-0.2, -0.15) is 0 Å². The SMILES string of the molecule is CC(C)(C)[Si](Oc1ccc(CO[C@@H]2[C@H](O)[C@H](OC34CC5CC(CC(C5)C3)C4)O[C@@H]3CO[C@@H](c4ccccc4)O[C@@H]23)cc1F)(c1ccccc1)c1ccccc1. The molecule has 4 aliphatic carbocycles. The zero-order valence-corrected chi connectivity index (χ0v) is 33.0. The van der Waals surface area contributed by atoms with Crippen LogP contribution < -0.4 is 14.8 Å². The Labute approximate surface area is 325 Å². The molecule has 0 amide bonds. The van der Waals surface area contributed by atoms with Crippen molar-refractivity contribution in [2.24, 2.45) is 17.8 Å². The van der Waals surface area contributed by atoms with E-state index in [0.717, 1.165) is 35.2 Å². The molecule has 4 aromatic rings. The van der Waals surface area contributed by atoms with Crippen LogP contribution in [-0.4, -0.2) is 56.3 Å². The van der Waals surface area contributed by atoms with Gasteiger partial charge in [-0.15, -0.1) is 0 Å². The predicted octanol–water partition coefficient (Wildman–Crippen LogP) is 7.84. The second-order valence-electron chi connectivity index (χ2n) is 17.7. The van der Waals surface area contributed by atoms with E-state index < -0.39 is 51.1 Å². The van der Waals surface area contributed by atoms with Gasteiger partial charge < -0.3 is 33.2 Å². The summed E-state index contributed by atoms with van der Waals surface area (Å²) in [6.45, 7) is 6.83. The van der Waals surface area contributed by atoms with Crippen molar-refractivity contribution in [2.75, 3.05) is 6.61 Å². The number of hydrogen-bond acceptors (Lipinski definition) is 7. The molecule has 4 bridgehead atoms. The first kappa shape index (κ1) is 37.2. The molecule has 2 saturated heterocycles. The van der Waals surface area contributed by atoms with Gasteiger partial charge in [-0.25, -0.2) is 4.39 Å². The molecular weight excluding hydrogens is 712 g/mol. The van der Waals surface area contributed by atoms with Crippen molar-refractivity contribution >= 4 is 18.7 Å². The standard InChI is InChI=1S/C46H53FO7Si/c1-45(2,3)55(35-15-9-5-10-16-35,36-17-11-6-12-18-36)54-38-20-19-30(24-37(38)47)28-49-42-40(48)44(53-46-25-31-21-32(26-46)23-33(22-31)27-46)51-39-29-50-43(52-41(39)42)34-13-7-4-8-14-34/h4-20,24,31-33,39-44,48H,21-23,25-29H2,1-3H3/t31?,32?,33?,39-,40+,41-,42-,43-,44+,46?/m1/s1. The molecule has 0 aromatic heterocycles. The third-order valence-electron chi connectivity index (χ3n) is 12.8. The van der Waals surface area contributed by atoms with Gasteiger partial charge in [-0.1, -0.05) is 118 Å². The Morgan fingerprint density at radius 1 is 0.782 bits per heavy atom. The molecule has 10 rings (SSSR count). The van der Waals surface area contributed by atoms with Crippen LogP contribution in [0.25, 0.3) is 0 Å². The lowest BCUT2D eigenvalue weighted by Crippen LogP contribution is -2.68. The van der Waals surface area contributed by atoms with Crippen LogP contribution in [0.4, 0.5) is 4.39 Å². The number of halogens is 1. The Hall–Kier alpha value is -3.41. The van der Waals surface area contributed by atoms with Crippen molar-refractivity contribution < 1.29 is 37.6 Å². The van der Waals surface area contributed by atoms with Crippen LogP contribution in [0.3, 0.4) is 0 Å². The number of benzene rings is 4. The molecule has 2 aliphatic heterocycles. The zero-order valence-electron chi connectivity index (χ0n) is 32.0. The summed E-state index contributed by atoms with van der Waals surface area (Å²) >= 11 is 0. The minimum atomic E-state index is -3.05. The van der Waals surface area contributed by atoms with Gasteiger partial charge in [-0.3, -0.25) is 0 Å². The van der Waals surface area contributed by atoms with Gasteiger partial charge in [0.05, 0.1) is 18.8 Å². The maximum absolute atomic E-state index is 16.3. The maximum Gasteiger partial charge on any atom is 0.320 e. The van der Waals surface area contributed by atoms with Crippen LogP contribution >= 0.6 is 0 Å². The molecule has 9 heteroatoms. The van der Waals surface area contributed by atoms with Gasteiger partial charge in [0.15, 0.2) is 18.4 Å². The monoisotopic (exact) mass is 764 g/mol. The highest BCUT2D eigenvalue weighted by Crippen LogP contribution is 2.58. The first-order chi connectivity index (χ1) is 26.6. The first-order valence-corrected chi connectivity index (χ1v) is 22.0. The molecule has 6 aliphatic rings. The molecule has 290 valence electrons. The summed E-state index contributed by atoms with van der Waals surface area (Å²) in [7, 11) is -3.05. The lowest BCUT2D eigenvalue weighted by Gasteiger charge is -2.58. The smallest absolute Gasteiger partial charge is 0.320 e. The van der Waals surface area contributed by atoms with Crippen LogP contribution in [0.5, 0.6) is 5.75 Å². The first-order valence-electron chi connectivity index (χ1n) is 20.1. The van der Waals surface area contributed by atoms with Crippen molar-refractivity contribution in [2.45, 2.75) is 114 Å². The number of aliphatic hydroxyl groups excluding tert-OH is 1. The quantitative estimate of drug-likeness (QED) is 0.165. The number of aliphatic hydroxyl groups is 1. The van der Waals surface area contributed by atoms with Crippen molar-refractivity contribution in [3.8, 4) is 5.75 Å². The van der Waals surface area contributed by atoms with Gasteiger partial charge in [-0.05, 0) is 89.4 Å². The molecule has 0 radical (unpaired) electrons. The number of rotatable bonds is 10. The normalized spacial score (nSPS) is 32.9. The van der Waals surface area contributed by atoms with Crippen LogP contribution in [0, 0.1) is 23.6 Å². The van der Waals surface area contributed by atoms with E-state index in [4.69, 9.17) is 28.1 Å². The van der Waals surface area contributed by atoms with Crippen LogP contribution in [0.15, 0.2) is 109 Å². The molecule has 4 aromatic carbocycles. The fourth-order valence-electron chi connectivity index (χ4n) is 10.8. The van der Waals surface area contributed by atoms with E-state index in [1.54, 1.807) is 6.07 Å². The average molecular weight is 765 g/mol. The van der Waals surface area contributed by atoms with Crippen LogP contribution in [-0.2, 0) is 30.3 Å². The van der Waals surface area contributed by atoms with Gasteiger partial charge in [0.25, 0.3) is 0 Å². The van der Waals surface area contributed by atoms with Crippen molar-refractivity contribution in [3.63, 3.8) is 0 Å². The summed E-state index contributed by atoms with van der Waals surface area (Å²) in [6, 6.07) is 35.2. The summed E-state index contributed by atoms with van der Waals surface area (Å²) in [5.41, 5.74) is 1.21. The molecular formula is C46H53FO7Si. The molecule has 4 saturated carbocycles. The second-order valence-corrected chi connectivity index (χ2v) is 22.0. The van der Waals surface area contributed by atoms with Gasteiger partial charge in [0, 0.05) is 5.56 Å². The van der Waals surface area contributed by atoms with E-state index in [9.17, 15) is 5.11 Å². The molecule has 7 nitrogen and oxygen atoms in total. The largest absolute Gasteiger partial charge is 0.532 e. The highest BCUT2D eigenvalue weighted by atomic mass is 28.4. The van der Waals surface area contributed by atoms with E-state index in [-0.39, 0.29) is 29.6 Å².